The average Bonchev–Trinajstić information content (AvgIpc) is 3.68. The van der Waals surface area contributed by atoms with Crippen LogP contribution < -0.4 is 15.4 Å². The first kappa shape index (κ1) is 29.2. The first-order valence-corrected chi connectivity index (χ1v) is 15.6. The Kier molecular flexibility index (Phi) is 9.69. The number of aliphatic hydroxyl groups excluding tert-OH is 1. The van der Waals surface area contributed by atoms with Crippen LogP contribution in [0.15, 0.2) is 47.8 Å². The van der Waals surface area contributed by atoms with Crippen LogP contribution in [-0.4, -0.2) is 64.7 Å². The number of aryl methyl sites for hydroxylation is 1. The van der Waals surface area contributed by atoms with Gasteiger partial charge in [0.25, 0.3) is 11.8 Å². The largest absolute Gasteiger partial charge is 0.493 e. The lowest BCUT2D eigenvalue weighted by Gasteiger charge is -2.29. The van der Waals surface area contributed by atoms with Gasteiger partial charge in [-0.1, -0.05) is 37.3 Å². The van der Waals surface area contributed by atoms with Crippen LogP contribution in [0.4, 0.5) is 0 Å². The third kappa shape index (κ3) is 7.15. The Morgan fingerprint density at radius 3 is 2.78 bits per heavy atom. The van der Waals surface area contributed by atoms with Crippen LogP contribution in [0, 0.1) is 6.92 Å². The number of carbonyl (C=O) groups is 2. The molecule has 0 spiro atoms. The van der Waals surface area contributed by atoms with E-state index < -0.39 is 12.1 Å². The molecule has 1 aromatic heterocycles. The van der Waals surface area contributed by atoms with Crippen molar-refractivity contribution >= 4 is 23.2 Å². The molecule has 2 amide bonds. The summed E-state index contributed by atoms with van der Waals surface area (Å²) < 4.78 is 5.98. The van der Waals surface area contributed by atoms with Gasteiger partial charge in [-0.05, 0) is 69.7 Å². The lowest BCUT2D eigenvalue weighted by Crippen LogP contribution is -2.52. The number of ether oxygens (including phenoxy) is 1. The Hall–Kier alpha value is -3.27. The minimum atomic E-state index is -0.751. The van der Waals surface area contributed by atoms with Gasteiger partial charge in [-0.3, -0.25) is 9.59 Å². The minimum absolute atomic E-state index is 0.0786. The van der Waals surface area contributed by atoms with Crippen molar-refractivity contribution in [2.75, 3.05) is 19.7 Å². The molecule has 0 radical (unpaired) electrons. The van der Waals surface area contributed by atoms with E-state index in [9.17, 15) is 14.7 Å². The third-order valence-electron chi connectivity index (χ3n) is 7.84. The molecule has 2 aromatic carbocycles. The van der Waals surface area contributed by atoms with Gasteiger partial charge in [0.05, 0.1) is 25.3 Å². The van der Waals surface area contributed by atoms with E-state index in [4.69, 9.17) is 4.74 Å². The monoisotopic (exact) mass is 576 g/mol. The maximum Gasteiger partial charge on any atom is 0.254 e. The molecule has 3 aromatic rings. The molecule has 1 fully saturated rings. The van der Waals surface area contributed by atoms with E-state index in [1.807, 2.05) is 54.5 Å². The second-order valence-corrected chi connectivity index (χ2v) is 12.0. The molecule has 5 rings (SSSR count). The first-order valence-electron chi connectivity index (χ1n) is 14.7. The number of benzene rings is 2. The van der Waals surface area contributed by atoms with Gasteiger partial charge in [0.2, 0.25) is 0 Å². The van der Waals surface area contributed by atoms with Gasteiger partial charge in [-0.15, -0.1) is 11.3 Å². The van der Waals surface area contributed by atoms with Crippen LogP contribution in [-0.2, 0) is 19.4 Å². The van der Waals surface area contributed by atoms with E-state index in [1.165, 1.54) is 0 Å². The molecule has 0 unspecified atom stereocenters. The van der Waals surface area contributed by atoms with E-state index in [1.54, 1.807) is 23.5 Å². The number of aliphatic hydroxyl groups is 1. The number of amides is 2. The molecule has 218 valence electrons. The maximum atomic E-state index is 14.0. The van der Waals surface area contributed by atoms with E-state index in [0.29, 0.717) is 43.0 Å². The summed E-state index contributed by atoms with van der Waals surface area (Å²) in [6, 6.07) is 12.8. The van der Waals surface area contributed by atoms with Gasteiger partial charge < -0.3 is 25.4 Å². The number of aromatic nitrogens is 1. The predicted molar refractivity (Wildman–Crippen MR) is 161 cm³/mol. The number of hydrogen-bond donors (Lipinski definition) is 3. The minimum Gasteiger partial charge on any atom is -0.493 e. The molecular formula is C32H40N4O4S. The van der Waals surface area contributed by atoms with Crippen LogP contribution in [0.3, 0.4) is 0 Å². The second kappa shape index (κ2) is 13.6. The molecule has 0 saturated carbocycles. The number of hydrogen-bond acceptors (Lipinski definition) is 7. The molecule has 8 nitrogen and oxygen atoms in total. The Morgan fingerprint density at radius 2 is 2.07 bits per heavy atom. The SMILES string of the molecule is CCCN(Cc1nc(C)cs1)C(=O)c1cc(C(=O)N[C@@H](Cc2ccccc2)[C@H](O)[C@H]2CCCN2)cc2c1CCCO2. The molecule has 2 aliphatic heterocycles. The summed E-state index contributed by atoms with van der Waals surface area (Å²) in [5.41, 5.74) is 3.70. The fourth-order valence-corrected chi connectivity index (χ4v) is 6.56. The Morgan fingerprint density at radius 1 is 1.24 bits per heavy atom. The molecule has 2 aliphatic rings. The van der Waals surface area contributed by atoms with Crippen molar-refractivity contribution in [3.63, 3.8) is 0 Å². The van der Waals surface area contributed by atoms with Crippen LogP contribution in [0.2, 0.25) is 0 Å². The Bertz CT molecular complexity index is 1340. The summed E-state index contributed by atoms with van der Waals surface area (Å²) in [6.45, 7) is 6.42. The zero-order valence-corrected chi connectivity index (χ0v) is 24.7. The highest BCUT2D eigenvalue weighted by Crippen LogP contribution is 2.31. The number of thiazole rings is 1. The quantitative estimate of drug-likeness (QED) is 0.315. The fourth-order valence-electron chi connectivity index (χ4n) is 5.78. The molecule has 41 heavy (non-hydrogen) atoms. The summed E-state index contributed by atoms with van der Waals surface area (Å²) in [4.78, 5) is 34.2. The molecule has 3 N–H and O–H groups in total. The average molecular weight is 577 g/mol. The molecule has 3 heterocycles. The molecule has 1 saturated heterocycles. The van der Waals surface area contributed by atoms with Gasteiger partial charge in [0.15, 0.2) is 0 Å². The van der Waals surface area contributed by atoms with Crippen molar-refractivity contribution in [2.45, 2.75) is 77.1 Å². The second-order valence-electron chi connectivity index (χ2n) is 11.0. The van der Waals surface area contributed by atoms with E-state index in [0.717, 1.165) is 60.5 Å². The van der Waals surface area contributed by atoms with Crippen LogP contribution in [0.25, 0.3) is 0 Å². The van der Waals surface area contributed by atoms with Crippen molar-refractivity contribution in [1.29, 1.82) is 0 Å². The summed E-state index contributed by atoms with van der Waals surface area (Å²) in [7, 11) is 0. The number of carbonyl (C=O) groups excluding carboxylic acids is 2. The van der Waals surface area contributed by atoms with Crippen LogP contribution >= 0.6 is 11.3 Å². The predicted octanol–water partition coefficient (Wildman–Crippen LogP) is 4.28. The molecule has 0 bridgehead atoms. The van der Waals surface area contributed by atoms with Gasteiger partial charge in [0, 0.05) is 40.4 Å². The normalized spacial score (nSPS) is 17.8. The zero-order chi connectivity index (χ0) is 28.8. The van der Waals surface area contributed by atoms with Crippen molar-refractivity contribution in [1.82, 2.24) is 20.5 Å². The Labute approximate surface area is 246 Å². The lowest BCUT2D eigenvalue weighted by atomic mass is 9.93. The van der Waals surface area contributed by atoms with E-state index >= 15 is 0 Å². The number of nitrogens with one attached hydrogen (secondary N) is 2. The fraction of sp³-hybridized carbons (Fsp3) is 0.469. The number of rotatable bonds is 11. The van der Waals surface area contributed by atoms with Gasteiger partial charge in [-0.25, -0.2) is 4.98 Å². The number of fused-ring (bicyclic) bond motifs is 1. The summed E-state index contributed by atoms with van der Waals surface area (Å²) in [6.07, 6.45) is 3.95. The summed E-state index contributed by atoms with van der Waals surface area (Å²) in [5, 5.41) is 20.7. The number of nitrogens with zero attached hydrogens (tertiary/aromatic N) is 2. The van der Waals surface area contributed by atoms with Gasteiger partial charge in [-0.2, -0.15) is 0 Å². The van der Waals surface area contributed by atoms with E-state index in [2.05, 4.69) is 15.6 Å². The van der Waals surface area contributed by atoms with Crippen molar-refractivity contribution in [3.05, 3.63) is 80.8 Å². The van der Waals surface area contributed by atoms with Crippen molar-refractivity contribution in [2.24, 2.45) is 0 Å². The van der Waals surface area contributed by atoms with Crippen molar-refractivity contribution in [3.8, 4) is 5.75 Å². The molecular weight excluding hydrogens is 536 g/mol. The zero-order valence-electron chi connectivity index (χ0n) is 23.9. The maximum absolute atomic E-state index is 14.0. The first-order chi connectivity index (χ1) is 19.9. The lowest BCUT2D eigenvalue weighted by molar-refractivity contribution is 0.0735. The van der Waals surface area contributed by atoms with E-state index in [-0.39, 0.29) is 17.9 Å². The summed E-state index contributed by atoms with van der Waals surface area (Å²) in [5.74, 6) is 0.144. The Balaban J connectivity index is 1.43. The molecule has 9 heteroatoms. The molecule has 0 aliphatic carbocycles. The van der Waals surface area contributed by atoms with Crippen LogP contribution in [0.1, 0.15) is 75.2 Å². The summed E-state index contributed by atoms with van der Waals surface area (Å²) >= 11 is 1.55. The highest BCUT2D eigenvalue weighted by atomic mass is 32.1. The van der Waals surface area contributed by atoms with Gasteiger partial charge >= 0.3 is 0 Å². The topological polar surface area (TPSA) is 104 Å². The molecule has 3 atom stereocenters. The van der Waals surface area contributed by atoms with Crippen molar-refractivity contribution < 1.29 is 19.4 Å². The third-order valence-corrected chi connectivity index (χ3v) is 8.79. The standard InChI is InChI=1S/C32H40N4O4S/c1-3-14-36(19-29-34-21(2)20-41-29)32(39)25-17-23(18-28-24(25)11-8-15-40-28)31(38)35-27(16-22-9-5-4-6-10-22)30(37)26-12-7-13-33-26/h4-6,9-10,17-18,20,26-27,30,33,37H,3,7-8,11-16,19H2,1-2H3,(H,35,38)/t26-,27+,30-/m1/s1. The van der Waals surface area contributed by atoms with Crippen LogP contribution in [0.5, 0.6) is 5.75 Å². The smallest absolute Gasteiger partial charge is 0.254 e. The van der Waals surface area contributed by atoms with Gasteiger partial charge in [0.1, 0.15) is 10.8 Å². The highest BCUT2D eigenvalue weighted by molar-refractivity contribution is 7.09. The highest BCUT2D eigenvalue weighted by Gasteiger charge is 2.32.